The predicted octanol–water partition coefficient (Wildman–Crippen LogP) is 4.09. The number of hydrogen-bond acceptors (Lipinski definition) is 1. The monoisotopic (exact) mass is 252 g/mol. The summed E-state index contributed by atoms with van der Waals surface area (Å²) in [6.45, 7) is 0. The Balaban J connectivity index is 3.03. The highest BCUT2D eigenvalue weighted by Crippen LogP contribution is 2.24. The third kappa shape index (κ3) is 3.43. The summed E-state index contributed by atoms with van der Waals surface area (Å²) in [6.07, 6.45) is -2.52. The fourth-order valence-corrected chi connectivity index (χ4v) is 1.54. The standard InChI is InChI=1S/C10H8Cl2F2O/c11-2-1-9(15)6-3-7(10(13)14)5-8(12)4-6/h3-5,10H,1-2H2. The molecular weight excluding hydrogens is 245 g/mol. The lowest BCUT2D eigenvalue weighted by Gasteiger charge is -2.04. The van der Waals surface area contributed by atoms with Crippen LogP contribution in [0.1, 0.15) is 28.8 Å². The van der Waals surface area contributed by atoms with Gasteiger partial charge in [0, 0.05) is 28.5 Å². The highest BCUT2D eigenvalue weighted by Gasteiger charge is 2.12. The van der Waals surface area contributed by atoms with Crippen LogP contribution in [0.25, 0.3) is 0 Å². The summed E-state index contributed by atoms with van der Waals surface area (Å²) in [5, 5.41) is 0.130. The van der Waals surface area contributed by atoms with Gasteiger partial charge in [-0.25, -0.2) is 8.78 Å². The van der Waals surface area contributed by atoms with Crippen molar-refractivity contribution in [3.05, 3.63) is 34.3 Å². The minimum Gasteiger partial charge on any atom is -0.294 e. The highest BCUT2D eigenvalue weighted by atomic mass is 35.5. The van der Waals surface area contributed by atoms with Crippen LogP contribution in [0.5, 0.6) is 0 Å². The Morgan fingerprint density at radius 3 is 2.53 bits per heavy atom. The Morgan fingerprint density at radius 2 is 2.00 bits per heavy atom. The van der Waals surface area contributed by atoms with E-state index in [1.165, 1.54) is 6.07 Å². The maximum Gasteiger partial charge on any atom is 0.263 e. The number of carbonyl (C=O) groups excluding carboxylic acids is 1. The van der Waals surface area contributed by atoms with Gasteiger partial charge in [-0.3, -0.25) is 4.79 Å². The first-order valence-electron chi connectivity index (χ1n) is 4.22. The molecule has 0 heterocycles. The van der Waals surface area contributed by atoms with Gasteiger partial charge in [-0.2, -0.15) is 0 Å². The molecule has 1 aromatic carbocycles. The van der Waals surface area contributed by atoms with Gasteiger partial charge >= 0.3 is 0 Å². The lowest BCUT2D eigenvalue weighted by Crippen LogP contribution is -2.01. The first-order valence-corrected chi connectivity index (χ1v) is 5.13. The van der Waals surface area contributed by atoms with E-state index in [9.17, 15) is 13.6 Å². The summed E-state index contributed by atoms with van der Waals surface area (Å²) in [6, 6.07) is 3.65. The fourth-order valence-electron chi connectivity index (χ4n) is 1.13. The van der Waals surface area contributed by atoms with Crippen LogP contribution in [0.3, 0.4) is 0 Å². The molecule has 0 unspecified atom stereocenters. The lowest BCUT2D eigenvalue weighted by molar-refractivity contribution is 0.0988. The quantitative estimate of drug-likeness (QED) is 0.583. The van der Waals surface area contributed by atoms with E-state index < -0.39 is 6.43 Å². The number of ketones is 1. The van der Waals surface area contributed by atoms with Crippen molar-refractivity contribution < 1.29 is 13.6 Å². The number of Topliss-reactive ketones (excluding diaryl/α,β-unsaturated/α-hetero) is 1. The summed E-state index contributed by atoms with van der Waals surface area (Å²) < 4.78 is 24.8. The second-order valence-electron chi connectivity index (χ2n) is 2.94. The van der Waals surface area contributed by atoms with Crippen LogP contribution < -0.4 is 0 Å². The summed E-state index contributed by atoms with van der Waals surface area (Å²) in [5.74, 6) is -0.121. The van der Waals surface area contributed by atoms with Gasteiger partial charge in [0.05, 0.1) is 0 Å². The molecule has 0 amide bonds. The van der Waals surface area contributed by atoms with Crippen LogP contribution in [-0.2, 0) is 0 Å². The molecule has 0 N–H and O–H groups in total. The van der Waals surface area contributed by atoms with E-state index in [0.29, 0.717) is 0 Å². The van der Waals surface area contributed by atoms with Crippen molar-refractivity contribution in [2.75, 3.05) is 5.88 Å². The molecule has 0 saturated carbocycles. The van der Waals surface area contributed by atoms with Crippen molar-refractivity contribution in [2.24, 2.45) is 0 Å². The van der Waals surface area contributed by atoms with Crippen LogP contribution in [0.15, 0.2) is 18.2 Å². The molecule has 1 nitrogen and oxygen atoms in total. The zero-order valence-corrected chi connectivity index (χ0v) is 9.16. The van der Waals surface area contributed by atoms with Gasteiger partial charge < -0.3 is 0 Å². The molecule has 0 atom stereocenters. The zero-order valence-electron chi connectivity index (χ0n) is 7.64. The summed E-state index contributed by atoms with van der Waals surface area (Å²) in [5.41, 5.74) is -0.0705. The lowest BCUT2D eigenvalue weighted by atomic mass is 10.1. The van der Waals surface area contributed by atoms with E-state index in [1.54, 1.807) is 0 Å². The van der Waals surface area contributed by atoms with Crippen molar-refractivity contribution in [1.82, 2.24) is 0 Å². The van der Waals surface area contributed by atoms with Gasteiger partial charge in [0.1, 0.15) is 0 Å². The van der Waals surface area contributed by atoms with Gasteiger partial charge in [0.25, 0.3) is 6.43 Å². The Bertz CT molecular complexity index is 366. The molecule has 1 aromatic rings. The molecule has 0 aliphatic carbocycles. The van der Waals surface area contributed by atoms with E-state index in [0.717, 1.165) is 12.1 Å². The molecule has 0 bridgehead atoms. The largest absolute Gasteiger partial charge is 0.294 e. The zero-order chi connectivity index (χ0) is 11.4. The Morgan fingerprint density at radius 1 is 1.33 bits per heavy atom. The number of hydrogen-bond donors (Lipinski definition) is 0. The van der Waals surface area contributed by atoms with Gasteiger partial charge in [-0.15, -0.1) is 11.6 Å². The minimum absolute atomic E-state index is 0.116. The van der Waals surface area contributed by atoms with Crippen LogP contribution in [0.4, 0.5) is 8.78 Å². The van der Waals surface area contributed by atoms with Crippen LogP contribution >= 0.6 is 23.2 Å². The summed E-state index contributed by atoms with van der Waals surface area (Å²) in [7, 11) is 0. The molecule has 0 spiro atoms. The molecule has 0 aliphatic heterocycles. The molecule has 0 aliphatic rings. The Labute approximate surface area is 96.0 Å². The normalized spacial score (nSPS) is 10.7. The van der Waals surface area contributed by atoms with E-state index in [2.05, 4.69) is 0 Å². The Hall–Kier alpha value is -0.670. The van der Waals surface area contributed by atoms with Crippen molar-refractivity contribution in [1.29, 1.82) is 0 Å². The molecule has 1 rings (SSSR count). The first kappa shape index (κ1) is 12.4. The van der Waals surface area contributed by atoms with Crippen LogP contribution in [0.2, 0.25) is 5.02 Å². The SMILES string of the molecule is O=C(CCCl)c1cc(Cl)cc(C(F)F)c1. The van der Waals surface area contributed by atoms with Gasteiger partial charge in [-0.05, 0) is 18.2 Å². The maximum atomic E-state index is 12.4. The number of rotatable bonds is 4. The van der Waals surface area contributed by atoms with E-state index >= 15 is 0 Å². The number of alkyl halides is 3. The predicted molar refractivity (Wildman–Crippen MR) is 56.1 cm³/mol. The molecule has 0 saturated heterocycles. The van der Waals surface area contributed by atoms with Crippen LogP contribution in [-0.4, -0.2) is 11.7 Å². The first-order chi connectivity index (χ1) is 7.04. The minimum atomic E-state index is -2.63. The highest BCUT2D eigenvalue weighted by molar-refractivity contribution is 6.31. The average molecular weight is 253 g/mol. The molecule has 0 radical (unpaired) electrons. The average Bonchev–Trinajstić information content (AvgIpc) is 2.17. The van der Waals surface area contributed by atoms with E-state index in [1.807, 2.05) is 0 Å². The van der Waals surface area contributed by atoms with Gasteiger partial charge in [0.2, 0.25) is 0 Å². The van der Waals surface area contributed by atoms with Gasteiger partial charge in [-0.1, -0.05) is 11.6 Å². The Kier molecular flexibility index (Phi) is 4.48. The second-order valence-corrected chi connectivity index (χ2v) is 3.75. The molecule has 15 heavy (non-hydrogen) atoms. The fraction of sp³-hybridized carbons (Fsp3) is 0.300. The van der Waals surface area contributed by atoms with Gasteiger partial charge in [0.15, 0.2) is 5.78 Å². The van der Waals surface area contributed by atoms with E-state index in [4.69, 9.17) is 23.2 Å². The maximum absolute atomic E-state index is 12.4. The molecule has 82 valence electrons. The second kappa shape index (κ2) is 5.42. The molecular formula is C10H8Cl2F2O. The topological polar surface area (TPSA) is 17.1 Å². The number of carbonyl (C=O) groups is 1. The van der Waals surface area contributed by atoms with Crippen LogP contribution in [0, 0.1) is 0 Å². The molecule has 0 fully saturated rings. The molecule has 0 aromatic heterocycles. The van der Waals surface area contributed by atoms with Crippen molar-refractivity contribution >= 4 is 29.0 Å². The van der Waals surface area contributed by atoms with E-state index in [-0.39, 0.29) is 34.2 Å². The van der Waals surface area contributed by atoms with Crippen molar-refractivity contribution in [3.63, 3.8) is 0 Å². The molecule has 5 heteroatoms. The number of halogens is 4. The summed E-state index contributed by atoms with van der Waals surface area (Å²) >= 11 is 11.0. The summed E-state index contributed by atoms with van der Waals surface area (Å²) in [4.78, 5) is 11.4. The van der Waals surface area contributed by atoms with Crippen molar-refractivity contribution in [3.8, 4) is 0 Å². The third-order valence-corrected chi connectivity index (χ3v) is 2.22. The van der Waals surface area contributed by atoms with Crippen molar-refractivity contribution in [2.45, 2.75) is 12.8 Å². The third-order valence-electron chi connectivity index (χ3n) is 1.82. The smallest absolute Gasteiger partial charge is 0.263 e. The number of benzene rings is 1.